The number of aryl methyl sites for hydroxylation is 1. The summed E-state index contributed by atoms with van der Waals surface area (Å²) < 4.78 is 7.34. The molecular formula is C24H29ClN4O2. The first-order valence-electron chi connectivity index (χ1n) is 10.2. The highest BCUT2D eigenvalue weighted by atomic mass is 35.5. The van der Waals surface area contributed by atoms with Gasteiger partial charge in [-0.05, 0) is 45.6 Å². The number of likely N-dealkylation sites (N-methyl/N-ethyl adjacent to an activating group) is 1. The molecule has 0 radical (unpaired) electrons. The molecule has 2 aromatic carbocycles. The fourth-order valence-electron chi connectivity index (χ4n) is 3.76. The van der Waals surface area contributed by atoms with Crippen molar-refractivity contribution in [2.75, 3.05) is 27.7 Å². The van der Waals surface area contributed by atoms with Crippen LogP contribution in [0.5, 0.6) is 5.75 Å². The molecule has 0 saturated carbocycles. The molecule has 0 saturated heterocycles. The summed E-state index contributed by atoms with van der Waals surface area (Å²) in [6.07, 6.45) is 0. The van der Waals surface area contributed by atoms with Crippen molar-refractivity contribution in [2.24, 2.45) is 0 Å². The summed E-state index contributed by atoms with van der Waals surface area (Å²) in [4.78, 5) is 15.2. The number of carbonyl (C=O) groups is 1. The van der Waals surface area contributed by atoms with E-state index in [1.165, 1.54) is 0 Å². The molecule has 1 aromatic heterocycles. The fourth-order valence-corrected chi connectivity index (χ4v) is 3.95. The zero-order chi connectivity index (χ0) is 22.5. The lowest BCUT2D eigenvalue weighted by atomic mass is 10.0. The van der Waals surface area contributed by atoms with Gasteiger partial charge in [-0.2, -0.15) is 5.10 Å². The maximum absolute atomic E-state index is 13.1. The second-order valence-corrected chi connectivity index (χ2v) is 8.13. The number of halogens is 1. The van der Waals surface area contributed by atoms with Gasteiger partial charge in [0.15, 0.2) is 0 Å². The molecule has 0 aliphatic heterocycles. The van der Waals surface area contributed by atoms with E-state index in [1.807, 2.05) is 81.2 Å². The van der Waals surface area contributed by atoms with Crippen LogP contribution >= 0.6 is 11.6 Å². The third-order valence-corrected chi connectivity index (χ3v) is 5.83. The summed E-state index contributed by atoms with van der Waals surface area (Å²) >= 11 is 6.30. The van der Waals surface area contributed by atoms with Crippen LogP contribution in [0.4, 0.5) is 0 Å². The Morgan fingerprint density at radius 1 is 1.16 bits per heavy atom. The summed E-state index contributed by atoms with van der Waals surface area (Å²) in [5.74, 6) is 0.664. The van der Waals surface area contributed by atoms with Gasteiger partial charge in [0.1, 0.15) is 5.75 Å². The Morgan fingerprint density at radius 2 is 1.84 bits per heavy atom. The first kappa shape index (κ1) is 22.8. The summed E-state index contributed by atoms with van der Waals surface area (Å²) in [7, 11) is 5.63. The lowest BCUT2D eigenvalue weighted by Gasteiger charge is -2.26. The molecule has 6 nitrogen and oxygen atoms in total. The smallest absolute Gasteiger partial charge is 0.255 e. The number of rotatable bonds is 8. The molecule has 1 unspecified atom stereocenters. The standard InChI is InChI=1S/C24H29ClN4O2/c1-16-23(17(2)29(27-16)15-18-10-6-8-12-20(18)25)24(30)26-14-21(28(3)4)19-11-7-9-13-22(19)31-5/h6-13,21H,14-15H2,1-5H3,(H,26,30). The minimum absolute atomic E-state index is 0.0288. The van der Waals surface area contributed by atoms with E-state index in [9.17, 15) is 4.79 Å². The molecule has 0 bridgehead atoms. The van der Waals surface area contributed by atoms with Crippen molar-refractivity contribution in [3.8, 4) is 5.75 Å². The third-order valence-electron chi connectivity index (χ3n) is 5.46. The zero-order valence-corrected chi connectivity index (χ0v) is 19.4. The lowest BCUT2D eigenvalue weighted by molar-refractivity contribution is 0.0940. The average Bonchev–Trinajstić information content (AvgIpc) is 3.02. The van der Waals surface area contributed by atoms with Gasteiger partial charge in [-0.1, -0.05) is 48.0 Å². The minimum Gasteiger partial charge on any atom is -0.496 e. The highest BCUT2D eigenvalue weighted by molar-refractivity contribution is 6.31. The highest BCUT2D eigenvalue weighted by Gasteiger charge is 2.23. The van der Waals surface area contributed by atoms with Gasteiger partial charge in [0.25, 0.3) is 5.91 Å². The Hall–Kier alpha value is -2.83. The summed E-state index contributed by atoms with van der Waals surface area (Å²) in [6, 6.07) is 15.5. The van der Waals surface area contributed by atoms with E-state index in [1.54, 1.807) is 7.11 Å². The third kappa shape index (κ3) is 5.09. The monoisotopic (exact) mass is 440 g/mol. The van der Waals surface area contributed by atoms with Gasteiger partial charge in [0.05, 0.1) is 31.0 Å². The number of nitrogens with one attached hydrogen (secondary N) is 1. The number of aromatic nitrogens is 2. The first-order valence-corrected chi connectivity index (χ1v) is 10.6. The number of hydrogen-bond donors (Lipinski definition) is 1. The molecule has 31 heavy (non-hydrogen) atoms. The van der Waals surface area contributed by atoms with Gasteiger partial charge < -0.3 is 15.0 Å². The van der Waals surface area contributed by atoms with Crippen molar-refractivity contribution in [3.05, 3.63) is 81.6 Å². The molecule has 164 valence electrons. The van der Waals surface area contributed by atoms with Crippen LogP contribution < -0.4 is 10.1 Å². The topological polar surface area (TPSA) is 59.4 Å². The van der Waals surface area contributed by atoms with E-state index in [2.05, 4.69) is 15.3 Å². The van der Waals surface area contributed by atoms with Crippen LogP contribution in [-0.2, 0) is 6.54 Å². The summed E-state index contributed by atoms with van der Waals surface area (Å²) in [5, 5.41) is 8.35. The number of nitrogens with zero attached hydrogens (tertiary/aromatic N) is 3. The Labute approximate surface area is 188 Å². The van der Waals surface area contributed by atoms with Gasteiger partial charge in [-0.3, -0.25) is 9.48 Å². The number of amides is 1. The Kier molecular flexibility index (Phi) is 7.36. The lowest BCUT2D eigenvalue weighted by Crippen LogP contribution is -2.35. The Balaban J connectivity index is 1.78. The van der Waals surface area contributed by atoms with Crippen LogP contribution in [0.2, 0.25) is 5.02 Å². The van der Waals surface area contributed by atoms with E-state index in [-0.39, 0.29) is 11.9 Å². The van der Waals surface area contributed by atoms with Crippen LogP contribution in [0.15, 0.2) is 48.5 Å². The van der Waals surface area contributed by atoms with Crippen LogP contribution in [-0.4, -0.2) is 48.3 Å². The molecule has 1 atom stereocenters. The predicted octanol–water partition coefficient (Wildman–Crippen LogP) is 4.24. The average molecular weight is 441 g/mol. The van der Waals surface area contributed by atoms with E-state index in [4.69, 9.17) is 16.3 Å². The SMILES string of the molecule is COc1ccccc1C(CNC(=O)c1c(C)nn(Cc2ccccc2Cl)c1C)N(C)C. The van der Waals surface area contributed by atoms with E-state index in [0.29, 0.717) is 29.4 Å². The largest absolute Gasteiger partial charge is 0.496 e. The minimum atomic E-state index is -0.137. The van der Waals surface area contributed by atoms with Crippen molar-refractivity contribution in [1.29, 1.82) is 0 Å². The van der Waals surface area contributed by atoms with Crippen LogP contribution in [0, 0.1) is 13.8 Å². The number of para-hydroxylation sites is 1. The van der Waals surface area contributed by atoms with Crippen LogP contribution in [0.25, 0.3) is 0 Å². The van der Waals surface area contributed by atoms with Gasteiger partial charge in [-0.15, -0.1) is 0 Å². The molecule has 7 heteroatoms. The number of benzene rings is 2. The maximum Gasteiger partial charge on any atom is 0.255 e. The molecule has 3 aromatic rings. The molecular weight excluding hydrogens is 412 g/mol. The molecule has 1 amide bonds. The maximum atomic E-state index is 13.1. The zero-order valence-electron chi connectivity index (χ0n) is 18.6. The van der Waals surface area contributed by atoms with Crippen molar-refractivity contribution in [1.82, 2.24) is 20.0 Å². The predicted molar refractivity (Wildman–Crippen MR) is 124 cm³/mol. The highest BCUT2D eigenvalue weighted by Crippen LogP contribution is 2.27. The van der Waals surface area contributed by atoms with Crippen LogP contribution in [0.1, 0.15) is 38.9 Å². The van der Waals surface area contributed by atoms with Gasteiger partial charge >= 0.3 is 0 Å². The van der Waals surface area contributed by atoms with Crippen molar-refractivity contribution in [2.45, 2.75) is 26.4 Å². The second kappa shape index (κ2) is 9.98. The molecule has 0 aliphatic rings. The number of hydrogen-bond acceptors (Lipinski definition) is 4. The van der Waals surface area contributed by atoms with E-state index >= 15 is 0 Å². The number of carbonyl (C=O) groups excluding carboxylic acids is 1. The van der Waals surface area contributed by atoms with Gasteiger partial charge in [-0.25, -0.2) is 0 Å². The summed E-state index contributed by atoms with van der Waals surface area (Å²) in [5.41, 5.74) is 4.10. The molecule has 1 heterocycles. The van der Waals surface area contributed by atoms with Crippen LogP contribution in [0.3, 0.4) is 0 Å². The fraction of sp³-hybridized carbons (Fsp3) is 0.333. The first-order chi connectivity index (χ1) is 14.8. The Morgan fingerprint density at radius 3 is 2.52 bits per heavy atom. The second-order valence-electron chi connectivity index (χ2n) is 7.73. The van der Waals surface area contributed by atoms with Gasteiger partial charge in [0.2, 0.25) is 0 Å². The van der Waals surface area contributed by atoms with E-state index < -0.39 is 0 Å². The summed E-state index contributed by atoms with van der Waals surface area (Å²) in [6.45, 7) is 4.73. The molecule has 0 spiro atoms. The number of methoxy groups -OCH3 is 1. The van der Waals surface area contributed by atoms with Crippen molar-refractivity contribution < 1.29 is 9.53 Å². The van der Waals surface area contributed by atoms with Crippen molar-refractivity contribution in [3.63, 3.8) is 0 Å². The normalized spacial score (nSPS) is 12.1. The molecule has 0 aliphatic carbocycles. The van der Waals surface area contributed by atoms with Gasteiger partial charge in [0, 0.05) is 22.8 Å². The quantitative estimate of drug-likeness (QED) is 0.569. The van der Waals surface area contributed by atoms with E-state index in [0.717, 1.165) is 22.6 Å². The molecule has 3 rings (SSSR count). The Bertz CT molecular complexity index is 1060. The number of ether oxygens (including phenoxy) is 1. The molecule has 1 N–H and O–H groups in total. The molecule has 0 fully saturated rings. The van der Waals surface area contributed by atoms with Crippen molar-refractivity contribution >= 4 is 17.5 Å².